The predicted octanol–water partition coefficient (Wildman–Crippen LogP) is 0.532. The molecular weight excluding hydrogens is 242 g/mol. The number of rotatable bonds is 8. The van der Waals surface area contributed by atoms with Gasteiger partial charge < -0.3 is 16.0 Å². The number of hydrogen-bond acceptors (Lipinski definition) is 3. The van der Waals surface area contributed by atoms with Gasteiger partial charge in [-0.15, -0.1) is 0 Å². The zero-order chi connectivity index (χ0) is 13.9. The van der Waals surface area contributed by atoms with E-state index in [-0.39, 0.29) is 11.8 Å². The van der Waals surface area contributed by atoms with Gasteiger partial charge in [-0.25, -0.2) is 0 Å². The van der Waals surface area contributed by atoms with Crippen LogP contribution in [-0.4, -0.2) is 38.5 Å². The lowest BCUT2D eigenvalue weighted by Gasteiger charge is -2.06. The topological polar surface area (TPSA) is 70.2 Å². The summed E-state index contributed by atoms with van der Waals surface area (Å²) < 4.78 is 0. The number of benzene rings is 1. The summed E-state index contributed by atoms with van der Waals surface area (Å²) in [6, 6.07) is 9.04. The molecule has 1 aromatic rings. The lowest BCUT2D eigenvalue weighted by molar-refractivity contribution is -0.121. The van der Waals surface area contributed by atoms with E-state index >= 15 is 0 Å². The van der Waals surface area contributed by atoms with E-state index in [1.54, 1.807) is 12.1 Å². The second kappa shape index (κ2) is 9.10. The molecule has 0 aliphatic rings. The Labute approximate surface area is 113 Å². The van der Waals surface area contributed by atoms with E-state index in [0.717, 1.165) is 6.54 Å². The SMILES string of the molecule is CNCCNC(=O)CCCNC(=O)c1ccccc1. The first-order valence-electron chi connectivity index (χ1n) is 6.48. The fraction of sp³-hybridized carbons (Fsp3) is 0.429. The largest absolute Gasteiger partial charge is 0.355 e. The summed E-state index contributed by atoms with van der Waals surface area (Å²) in [5.41, 5.74) is 0.640. The van der Waals surface area contributed by atoms with Crippen molar-refractivity contribution in [2.45, 2.75) is 12.8 Å². The molecule has 0 atom stereocenters. The fourth-order valence-corrected chi connectivity index (χ4v) is 1.56. The molecule has 0 aromatic heterocycles. The Morgan fingerprint density at radius 3 is 2.42 bits per heavy atom. The Morgan fingerprint density at radius 1 is 1.00 bits per heavy atom. The molecule has 5 nitrogen and oxygen atoms in total. The van der Waals surface area contributed by atoms with Crippen molar-refractivity contribution in [1.82, 2.24) is 16.0 Å². The van der Waals surface area contributed by atoms with Crippen molar-refractivity contribution in [3.63, 3.8) is 0 Å². The van der Waals surface area contributed by atoms with Crippen molar-refractivity contribution in [3.8, 4) is 0 Å². The van der Waals surface area contributed by atoms with E-state index in [0.29, 0.717) is 31.5 Å². The molecule has 0 saturated carbocycles. The van der Waals surface area contributed by atoms with Gasteiger partial charge in [0.15, 0.2) is 0 Å². The van der Waals surface area contributed by atoms with Gasteiger partial charge in [0.25, 0.3) is 5.91 Å². The minimum Gasteiger partial charge on any atom is -0.355 e. The van der Waals surface area contributed by atoms with Crippen molar-refractivity contribution in [1.29, 1.82) is 0 Å². The van der Waals surface area contributed by atoms with Gasteiger partial charge in [0.2, 0.25) is 5.91 Å². The maximum Gasteiger partial charge on any atom is 0.251 e. The third-order valence-electron chi connectivity index (χ3n) is 2.60. The summed E-state index contributed by atoms with van der Waals surface area (Å²) in [6.07, 6.45) is 1.07. The van der Waals surface area contributed by atoms with Gasteiger partial charge in [-0.1, -0.05) is 18.2 Å². The molecule has 5 heteroatoms. The van der Waals surface area contributed by atoms with Crippen molar-refractivity contribution < 1.29 is 9.59 Å². The third-order valence-corrected chi connectivity index (χ3v) is 2.60. The standard InChI is InChI=1S/C14H21N3O2/c1-15-10-11-16-13(18)8-5-9-17-14(19)12-6-3-2-4-7-12/h2-4,6-7,15H,5,8-11H2,1H3,(H,16,18)(H,17,19). The highest BCUT2D eigenvalue weighted by Gasteiger charge is 2.04. The number of carbonyl (C=O) groups excluding carboxylic acids is 2. The molecule has 0 saturated heterocycles. The number of nitrogens with one attached hydrogen (secondary N) is 3. The van der Waals surface area contributed by atoms with Crippen LogP contribution in [0.15, 0.2) is 30.3 Å². The third kappa shape index (κ3) is 6.57. The van der Waals surface area contributed by atoms with Gasteiger partial charge in [0.05, 0.1) is 0 Å². The van der Waals surface area contributed by atoms with Gasteiger partial charge in [-0.2, -0.15) is 0 Å². The summed E-state index contributed by atoms with van der Waals surface area (Å²) in [6.45, 7) is 1.90. The second-order valence-corrected chi connectivity index (χ2v) is 4.18. The molecule has 1 rings (SSSR count). The molecule has 1 aromatic carbocycles. The van der Waals surface area contributed by atoms with Crippen LogP contribution in [0.3, 0.4) is 0 Å². The van der Waals surface area contributed by atoms with Crippen LogP contribution in [0.5, 0.6) is 0 Å². The number of carbonyl (C=O) groups is 2. The van der Waals surface area contributed by atoms with Gasteiger partial charge in [0.1, 0.15) is 0 Å². The fourth-order valence-electron chi connectivity index (χ4n) is 1.56. The molecule has 0 bridgehead atoms. The van der Waals surface area contributed by atoms with Crippen LogP contribution in [0.25, 0.3) is 0 Å². The lowest BCUT2D eigenvalue weighted by atomic mass is 10.2. The highest BCUT2D eigenvalue weighted by molar-refractivity contribution is 5.94. The Hall–Kier alpha value is -1.88. The molecule has 19 heavy (non-hydrogen) atoms. The zero-order valence-electron chi connectivity index (χ0n) is 11.2. The van der Waals surface area contributed by atoms with Crippen LogP contribution >= 0.6 is 0 Å². The lowest BCUT2D eigenvalue weighted by Crippen LogP contribution is -2.31. The van der Waals surface area contributed by atoms with Crippen molar-refractivity contribution >= 4 is 11.8 Å². The van der Waals surface area contributed by atoms with E-state index in [2.05, 4.69) is 16.0 Å². The first-order chi connectivity index (χ1) is 9.24. The van der Waals surface area contributed by atoms with Gasteiger partial charge in [-0.3, -0.25) is 9.59 Å². The van der Waals surface area contributed by atoms with Crippen LogP contribution in [0.4, 0.5) is 0 Å². The van der Waals surface area contributed by atoms with Crippen LogP contribution < -0.4 is 16.0 Å². The van der Waals surface area contributed by atoms with E-state index in [1.165, 1.54) is 0 Å². The summed E-state index contributed by atoms with van der Waals surface area (Å²) in [5.74, 6) is -0.0830. The molecule has 104 valence electrons. The maximum absolute atomic E-state index is 11.7. The van der Waals surface area contributed by atoms with Gasteiger partial charge >= 0.3 is 0 Å². The monoisotopic (exact) mass is 263 g/mol. The summed E-state index contributed by atoms with van der Waals surface area (Å²) in [4.78, 5) is 23.1. The zero-order valence-corrected chi connectivity index (χ0v) is 11.2. The van der Waals surface area contributed by atoms with Crippen LogP contribution in [-0.2, 0) is 4.79 Å². The average molecular weight is 263 g/mol. The molecule has 0 spiro atoms. The quantitative estimate of drug-likeness (QED) is 0.599. The number of likely N-dealkylation sites (N-methyl/N-ethyl adjacent to an activating group) is 1. The molecule has 0 heterocycles. The summed E-state index contributed by atoms with van der Waals surface area (Å²) >= 11 is 0. The van der Waals surface area contributed by atoms with Crippen LogP contribution in [0, 0.1) is 0 Å². The molecule has 0 unspecified atom stereocenters. The van der Waals surface area contributed by atoms with Crippen molar-refractivity contribution in [2.24, 2.45) is 0 Å². The molecular formula is C14H21N3O2. The van der Waals surface area contributed by atoms with E-state index in [1.807, 2.05) is 25.2 Å². The van der Waals surface area contributed by atoms with Gasteiger partial charge in [0, 0.05) is 31.6 Å². The number of amides is 2. The van der Waals surface area contributed by atoms with E-state index in [4.69, 9.17) is 0 Å². The first kappa shape index (κ1) is 15.2. The van der Waals surface area contributed by atoms with E-state index in [9.17, 15) is 9.59 Å². The second-order valence-electron chi connectivity index (χ2n) is 4.18. The molecule has 0 fully saturated rings. The van der Waals surface area contributed by atoms with Crippen molar-refractivity contribution in [3.05, 3.63) is 35.9 Å². The maximum atomic E-state index is 11.7. The smallest absolute Gasteiger partial charge is 0.251 e. The Morgan fingerprint density at radius 2 is 1.74 bits per heavy atom. The Balaban J connectivity index is 2.11. The predicted molar refractivity (Wildman–Crippen MR) is 74.9 cm³/mol. The molecule has 0 radical (unpaired) electrons. The first-order valence-corrected chi connectivity index (χ1v) is 6.48. The van der Waals surface area contributed by atoms with Crippen LogP contribution in [0.2, 0.25) is 0 Å². The van der Waals surface area contributed by atoms with Gasteiger partial charge in [-0.05, 0) is 25.6 Å². The summed E-state index contributed by atoms with van der Waals surface area (Å²) in [7, 11) is 1.84. The number of hydrogen-bond donors (Lipinski definition) is 3. The molecule has 2 amide bonds. The molecule has 0 aliphatic heterocycles. The highest BCUT2D eigenvalue weighted by Crippen LogP contribution is 1.98. The Bertz CT molecular complexity index is 393. The minimum atomic E-state index is -0.101. The Kier molecular flexibility index (Phi) is 7.27. The average Bonchev–Trinajstić information content (AvgIpc) is 2.44. The minimum absolute atomic E-state index is 0.0178. The van der Waals surface area contributed by atoms with E-state index < -0.39 is 0 Å². The molecule has 3 N–H and O–H groups in total. The normalized spacial score (nSPS) is 9.95. The van der Waals surface area contributed by atoms with Crippen LogP contribution in [0.1, 0.15) is 23.2 Å². The molecule has 0 aliphatic carbocycles. The summed E-state index contributed by atoms with van der Waals surface area (Å²) in [5, 5.41) is 8.53. The highest BCUT2D eigenvalue weighted by atomic mass is 16.2. The van der Waals surface area contributed by atoms with Crippen molar-refractivity contribution in [2.75, 3.05) is 26.7 Å².